The minimum absolute atomic E-state index is 0.0420. The van der Waals surface area contributed by atoms with Crippen molar-refractivity contribution in [2.24, 2.45) is 0 Å². The van der Waals surface area contributed by atoms with E-state index < -0.39 is 31.1 Å². The summed E-state index contributed by atoms with van der Waals surface area (Å²) in [6, 6.07) is 0. The summed E-state index contributed by atoms with van der Waals surface area (Å²) in [4.78, 5) is 12.8. The molecule has 0 saturated carbocycles. The fourth-order valence-corrected chi connectivity index (χ4v) is 3.95. The molecular weight excluding hydrogens is 386 g/mol. The number of hydrogen-bond donors (Lipinski definition) is 4. The van der Waals surface area contributed by atoms with E-state index in [9.17, 15) is 15.3 Å². The lowest BCUT2D eigenvalue weighted by Crippen LogP contribution is -2.33. The van der Waals surface area contributed by atoms with Crippen LogP contribution in [0.4, 0.5) is 5.82 Å². The molecule has 28 heavy (non-hydrogen) atoms. The van der Waals surface area contributed by atoms with Gasteiger partial charge in [-0.25, -0.2) is 4.98 Å². The van der Waals surface area contributed by atoms with Crippen LogP contribution in [-0.2, 0) is 4.74 Å². The van der Waals surface area contributed by atoms with Gasteiger partial charge in [0.05, 0.1) is 12.9 Å². The molecule has 1 saturated heterocycles. The Balaban J connectivity index is 1.55. The smallest absolute Gasteiger partial charge is 0.226 e. The van der Waals surface area contributed by atoms with Crippen molar-refractivity contribution in [2.75, 3.05) is 18.5 Å². The maximum atomic E-state index is 10.3. The van der Waals surface area contributed by atoms with Crippen molar-refractivity contribution in [3.8, 4) is 0 Å². The summed E-state index contributed by atoms with van der Waals surface area (Å²) < 4.78 is 7.07. The van der Waals surface area contributed by atoms with Crippen molar-refractivity contribution >= 4 is 28.6 Å². The average Bonchev–Trinajstić information content (AvgIpc) is 3.24. The number of ether oxygens (including phenoxy) is 1. The second-order valence-electron chi connectivity index (χ2n) is 7.18. The van der Waals surface area contributed by atoms with Crippen LogP contribution in [0.5, 0.6) is 0 Å². The second-order valence-corrected chi connectivity index (χ2v) is 7.52. The van der Waals surface area contributed by atoms with Gasteiger partial charge >= 0.3 is 0 Å². The number of rotatable bonds is 6. The van der Waals surface area contributed by atoms with Gasteiger partial charge < -0.3 is 25.4 Å². The van der Waals surface area contributed by atoms with Gasteiger partial charge in [0.1, 0.15) is 18.3 Å². The summed E-state index contributed by atoms with van der Waals surface area (Å²) in [6.45, 7) is 0.300. The van der Waals surface area contributed by atoms with Crippen LogP contribution in [0.1, 0.15) is 38.3 Å². The molecule has 2 aliphatic rings. The molecular formula is C18H24ClN5O4. The number of hydrogen-bond acceptors (Lipinski definition) is 8. The lowest BCUT2D eigenvalue weighted by molar-refractivity contribution is -0.0511. The molecule has 4 atom stereocenters. The summed E-state index contributed by atoms with van der Waals surface area (Å²) in [7, 11) is 0. The Morgan fingerprint density at radius 1 is 1.25 bits per heavy atom. The number of allylic oxidation sites excluding steroid dienone is 1. The van der Waals surface area contributed by atoms with Crippen LogP contribution in [0.15, 0.2) is 18.0 Å². The summed E-state index contributed by atoms with van der Waals surface area (Å²) >= 11 is 6.10. The van der Waals surface area contributed by atoms with Gasteiger partial charge in [0.25, 0.3) is 0 Å². The molecule has 0 unspecified atom stereocenters. The minimum Gasteiger partial charge on any atom is -0.394 e. The molecule has 2 aromatic heterocycles. The van der Waals surface area contributed by atoms with Gasteiger partial charge in [0.15, 0.2) is 23.2 Å². The van der Waals surface area contributed by atoms with Gasteiger partial charge in [0, 0.05) is 6.54 Å². The molecule has 0 bridgehead atoms. The van der Waals surface area contributed by atoms with E-state index in [2.05, 4.69) is 26.3 Å². The zero-order valence-electron chi connectivity index (χ0n) is 15.3. The van der Waals surface area contributed by atoms with E-state index in [1.165, 1.54) is 29.3 Å². The van der Waals surface area contributed by atoms with Gasteiger partial charge in [0.2, 0.25) is 5.28 Å². The zero-order chi connectivity index (χ0) is 19.7. The van der Waals surface area contributed by atoms with E-state index in [1.807, 2.05) is 0 Å². The number of aliphatic hydroxyl groups excluding tert-OH is 3. The first kappa shape index (κ1) is 19.5. The Kier molecular flexibility index (Phi) is 5.79. The predicted octanol–water partition coefficient (Wildman–Crippen LogP) is 1.39. The van der Waals surface area contributed by atoms with Crippen molar-refractivity contribution in [3.63, 3.8) is 0 Å². The molecule has 1 aliphatic heterocycles. The van der Waals surface area contributed by atoms with Crippen LogP contribution >= 0.6 is 11.6 Å². The monoisotopic (exact) mass is 409 g/mol. The summed E-state index contributed by atoms with van der Waals surface area (Å²) in [5, 5.41) is 32.9. The molecule has 0 aromatic carbocycles. The number of halogens is 1. The fourth-order valence-electron chi connectivity index (χ4n) is 3.78. The number of fused-ring (bicyclic) bond motifs is 1. The number of nitrogens with zero attached hydrogens (tertiary/aromatic N) is 4. The van der Waals surface area contributed by atoms with E-state index in [1.54, 1.807) is 0 Å². The number of anilines is 1. The fraction of sp³-hybridized carbons (Fsp3) is 0.611. The summed E-state index contributed by atoms with van der Waals surface area (Å²) in [6.07, 6.45) is 5.26. The third-order valence-corrected chi connectivity index (χ3v) is 5.48. The van der Waals surface area contributed by atoms with Crippen LogP contribution in [0.25, 0.3) is 11.2 Å². The number of aliphatic hydroxyl groups is 3. The molecule has 2 aromatic rings. The number of aromatic nitrogens is 4. The highest BCUT2D eigenvalue weighted by molar-refractivity contribution is 6.28. The van der Waals surface area contributed by atoms with Crippen LogP contribution in [-0.4, -0.2) is 66.3 Å². The Labute approximate surface area is 167 Å². The van der Waals surface area contributed by atoms with Crippen molar-refractivity contribution in [1.29, 1.82) is 0 Å². The van der Waals surface area contributed by atoms with Crippen LogP contribution in [0.3, 0.4) is 0 Å². The Morgan fingerprint density at radius 3 is 2.82 bits per heavy atom. The largest absolute Gasteiger partial charge is 0.394 e. The van der Waals surface area contributed by atoms with Gasteiger partial charge in [-0.05, 0) is 43.7 Å². The molecule has 0 radical (unpaired) electrons. The van der Waals surface area contributed by atoms with Crippen molar-refractivity contribution in [1.82, 2.24) is 19.5 Å². The van der Waals surface area contributed by atoms with Crippen LogP contribution in [0, 0.1) is 0 Å². The molecule has 3 heterocycles. The Bertz CT molecular complexity index is 873. The molecule has 0 amide bonds. The van der Waals surface area contributed by atoms with E-state index in [0.29, 0.717) is 23.5 Å². The predicted molar refractivity (Wildman–Crippen MR) is 103 cm³/mol. The van der Waals surface area contributed by atoms with E-state index in [4.69, 9.17) is 16.3 Å². The molecule has 4 rings (SSSR count). The summed E-state index contributed by atoms with van der Waals surface area (Å²) in [5.74, 6) is 0.511. The minimum atomic E-state index is -1.22. The SMILES string of the molecule is OC[C@H]1O[C@@H](n2cnc3c(NCCC4=CCCCC4)nc(Cl)nc32)[C@H](O)[C@@H]1O. The third-order valence-electron chi connectivity index (χ3n) is 5.31. The highest BCUT2D eigenvalue weighted by atomic mass is 35.5. The Morgan fingerprint density at radius 2 is 2.11 bits per heavy atom. The van der Waals surface area contributed by atoms with Crippen LogP contribution < -0.4 is 5.32 Å². The molecule has 9 nitrogen and oxygen atoms in total. The van der Waals surface area contributed by atoms with E-state index >= 15 is 0 Å². The first-order valence-corrected chi connectivity index (χ1v) is 9.90. The lowest BCUT2D eigenvalue weighted by atomic mass is 9.97. The molecule has 1 fully saturated rings. The second kappa shape index (κ2) is 8.30. The zero-order valence-corrected chi connectivity index (χ0v) is 16.1. The van der Waals surface area contributed by atoms with E-state index in [0.717, 1.165) is 19.3 Å². The highest BCUT2D eigenvalue weighted by Gasteiger charge is 2.44. The quantitative estimate of drug-likeness (QED) is 0.416. The van der Waals surface area contributed by atoms with Gasteiger partial charge in [-0.1, -0.05) is 11.6 Å². The maximum absolute atomic E-state index is 10.3. The molecule has 10 heteroatoms. The first-order chi connectivity index (χ1) is 13.6. The Hall–Kier alpha value is -1.78. The third kappa shape index (κ3) is 3.72. The number of imidazole rings is 1. The van der Waals surface area contributed by atoms with Crippen molar-refractivity contribution in [3.05, 3.63) is 23.3 Å². The first-order valence-electron chi connectivity index (χ1n) is 9.53. The standard InChI is InChI=1S/C18H24ClN5O4/c19-18-22-15(20-7-6-10-4-2-1-3-5-10)12-16(23-18)24(9-21-12)17-14(27)13(26)11(8-25)28-17/h4,9,11,13-14,17,25-27H,1-3,5-8H2,(H,20,22,23)/t11-,13-,14-,17-/m1/s1. The van der Waals surface area contributed by atoms with Gasteiger partial charge in [-0.3, -0.25) is 4.57 Å². The normalized spacial score (nSPS) is 27.9. The van der Waals surface area contributed by atoms with Gasteiger partial charge in [-0.2, -0.15) is 9.97 Å². The topological polar surface area (TPSA) is 126 Å². The number of nitrogens with one attached hydrogen (secondary N) is 1. The van der Waals surface area contributed by atoms with Gasteiger partial charge in [-0.15, -0.1) is 0 Å². The molecule has 4 N–H and O–H groups in total. The van der Waals surface area contributed by atoms with E-state index in [-0.39, 0.29) is 5.28 Å². The molecule has 0 spiro atoms. The molecule has 152 valence electrons. The van der Waals surface area contributed by atoms with Crippen molar-refractivity contribution < 1.29 is 20.1 Å². The van der Waals surface area contributed by atoms with Crippen molar-refractivity contribution in [2.45, 2.75) is 56.6 Å². The summed E-state index contributed by atoms with van der Waals surface area (Å²) in [5.41, 5.74) is 2.33. The maximum Gasteiger partial charge on any atom is 0.226 e. The molecule has 1 aliphatic carbocycles. The lowest BCUT2D eigenvalue weighted by Gasteiger charge is -2.17. The average molecular weight is 410 g/mol. The highest BCUT2D eigenvalue weighted by Crippen LogP contribution is 2.32. The van der Waals surface area contributed by atoms with Crippen LogP contribution in [0.2, 0.25) is 5.28 Å².